The lowest BCUT2D eigenvalue weighted by Crippen LogP contribution is -2.32. The van der Waals surface area contributed by atoms with E-state index < -0.39 is 17.6 Å². The molecule has 1 aliphatic rings. The molecule has 3 aromatic rings. The van der Waals surface area contributed by atoms with Gasteiger partial charge >= 0.3 is 0 Å². The topological polar surface area (TPSA) is 67.9 Å². The summed E-state index contributed by atoms with van der Waals surface area (Å²) in [5.41, 5.74) is 2.53. The van der Waals surface area contributed by atoms with Crippen molar-refractivity contribution in [1.29, 1.82) is 0 Å². The third kappa shape index (κ3) is 3.92. The Balaban J connectivity index is 1.83. The highest BCUT2D eigenvalue weighted by Crippen LogP contribution is 2.35. The molecular formula is C25H21FN2O4. The minimum atomic E-state index is -0.512. The first-order chi connectivity index (χ1) is 15.4. The minimum Gasteiger partial charge on any atom is -0.497 e. The molecule has 0 bridgehead atoms. The van der Waals surface area contributed by atoms with E-state index >= 15 is 0 Å². The monoisotopic (exact) mass is 432 g/mol. The van der Waals surface area contributed by atoms with Crippen molar-refractivity contribution in [2.75, 3.05) is 24.4 Å². The first kappa shape index (κ1) is 21.1. The number of hydrogen-bond donors (Lipinski definition) is 1. The molecule has 0 spiro atoms. The van der Waals surface area contributed by atoms with Crippen molar-refractivity contribution in [2.24, 2.45) is 0 Å². The Bertz CT molecular complexity index is 1210. The molecular weight excluding hydrogens is 411 g/mol. The zero-order valence-corrected chi connectivity index (χ0v) is 17.8. The second-order valence-corrected chi connectivity index (χ2v) is 7.27. The van der Waals surface area contributed by atoms with Gasteiger partial charge in [-0.3, -0.25) is 9.59 Å². The van der Waals surface area contributed by atoms with Crippen LogP contribution in [0.2, 0.25) is 0 Å². The molecule has 162 valence electrons. The molecule has 1 N–H and O–H groups in total. The maximum atomic E-state index is 13.5. The second kappa shape index (κ2) is 8.55. The summed E-state index contributed by atoms with van der Waals surface area (Å²) in [6.07, 6.45) is 0. The predicted octanol–water partition coefficient (Wildman–Crippen LogP) is 4.55. The van der Waals surface area contributed by atoms with Crippen molar-refractivity contribution in [3.05, 3.63) is 89.4 Å². The Morgan fingerprint density at radius 2 is 1.50 bits per heavy atom. The van der Waals surface area contributed by atoms with Crippen LogP contribution in [-0.2, 0) is 9.59 Å². The number of carbonyl (C=O) groups is 2. The van der Waals surface area contributed by atoms with Crippen LogP contribution in [-0.4, -0.2) is 26.0 Å². The fourth-order valence-electron chi connectivity index (χ4n) is 3.56. The van der Waals surface area contributed by atoms with Crippen molar-refractivity contribution in [1.82, 2.24) is 0 Å². The number of hydrogen-bond acceptors (Lipinski definition) is 5. The summed E-state index contributed by atoms with van der Waals surface area (Å²) in [6.45, 7) is 1.88. The van der Waals surface area contributed by atoms with Gasteiger partial charge in [0.25, 0.3) is 11.8 Å². The van der Waals surface area contributed by atoms with E-state index in [0.717, 1.165) is 10.5 Å². The van der Waals surface area contributed by atoms with E-state index in [1.807, 2.05) is 13.0 Å². The lowest BCUT2D eigenvalue weighted by molar-refractivity contribution is -0.120. The minimum absolute atomic E-state index is 0.0819. The number of rotatable bonds is 6. The standard InChI is InChI=1S/C25H21FN2O4/c1-15-5-4-6-19(11-15)28-24(29)22(16-7-9-17(26)10-8-16)23(25(28)30)27-18-12-20(31-2)14-21(13-18)32-3/h4-14,27H,1-3H3. The number of anilines is 2. The van der Waals surface area contributed by atoms with Crippen LogP contribution in [0.3, 0.4) is 0 Å². The Morgan fingerprint density at radius 1 is 0.844 bits per heavy atom. The number of carbonyl (C=O) groups excluding carboxylic acids is 2. The van der Waals surface area contributed by atoms with Gasteiger partial charge in [0.2, 0.25) is 0 Å². The molecule has 0 aromatic heterocycles. The molecule has 0 fully saturated rings. The highest BCUT2D eigenvalue weighted by molar-refractivity contribution is 6.46. The van der Waals surface area contributed by atoms with E-state index in [1.165, 1.54) is 38.5 Å². The van der Waals surface area contributed by atoms with E-state index in [0.29, 0.717) is 28.4 Å². The quantitative estimate of drug-likeness (QED) is 0.579. The van der Waals surface area contributed by atoms with Gasteiger partial charge in [0, 0.05) is 23.9 Å². The van der Waals surface area contributed by atoms with E-state index in [1.54, 1.807) is 36.4 Å². The van der Waals surface area contributed by atoms with Gasteiger partial charge in [0.1, 0.15) is 23.0 Å². The van der Waals surface area contributed by atoms with Crippen molar-refractivity contribution in [2.45, 2.75) is 6.92 Å². The summed E-state index contributed by atoms with van der Waals surface area (Å²) in [6, 6.07) is 17.6. The normalized spacial score (nSPS) is 13.6. The van der Waals surface area contributed by atoms with Gasteiger partial charge in [-0.05, 0) is 42.3 Å². The van der Waals surface area contributed by atoms with Gasteiger partial charge in [0.05, 0.1) is 25.5 Å². The first-order valence-corrected chi connectivity index (χ1v) is 9.87. The molecule has 7 heteroatoms. The maximum Gasteiger partial charge on any atom is 0.282 e. The molecule has 1 heterocycles. The maximum absolute atomic E-state index is 13.5. The van der Waals surface area contributed by atoms with Gasteiger partial charge in [-0.1, -0.05) is 24.3 Å². The summed E-state index contributed by atoms with van der Waals surface area (Å²) < 4.78 is 24.1. The van der Waals surface area contributed by atoms with Crippen LogP contribution in [0.1, 0.15) is 11.1 Å². The number of methoxy groups -OCH3 is 2. The Labute approximate surface area is 184 Å². The summed E-state index contributed by atoms with van der Waals surface area (Å²) in [5.74, 6) is -0.411. The highest BCUT2D eigenvalue weighted by Gasteiger charge is 2.40. The van der Waals surface area contributed by atoms with Crippen LogP contribution in [0, 0.1) is 12.7 Å². The number of imide groups is 1. The molecule has 0 saturated carbocycles. The van der Waals surface area contributed by atoms with Gasteiger partial charge in [0.15, 0.2) is 0 Å². The molecule has 1 aliphatic heterocycles. The number of amides is 2. The smallest absolute Gasteiger partial charge is 0.282 e. The van der Waals surface area contributed by atoms with Gasteiger partial charge in [-0.25, -0.2) is 9.29 Å². The van der Waals surface area contributed by atoms with Crippen LogP contribution in [0.4, 0.5) is 15.8 Å². The molecule has 0 atom stereocenters. The fraction of sp³-hybridized carbons (Fsp3) is 0.120. The predicted molar refractivity (Wildman–Crippen MR) is 120 cm³/mol. The van der Waals surface area contributed by atoms with Gasteiger partial charge in [-0.2, -0.15) is 0 Å². The molecule has 2 amide bonds. The molecule has 0 aliphatic carbocycles. The molecule has 32 heavy (non-hydrogen) atoms. The third-order valence-corrected chi connectivity index (χ3v) is 5.10. The molecule has 6 nitrogen and oxygen atoms in total. The Kier molecular flexibility index (Phi) is 5.64. The lowest BCUT2D eigenvalue weighted by Gasteiger charge is -2.16. The van der Waals surface area contributed by atoms with Crippen LogP contribution >= 0.6 is 0 Å². The van der Waals surface area contributed by atoms with Gasteiger partial charge in [-0.15, -0.1) is 0 Å². The molecule has 0 unspecified atom stereocenters. The summed E-state index contributed by atoms with van der Waals surface area (Å²) in [4.78, 5) is 28.0. The number of benzene rings is 3. The number of nitrogens with one attached hydrogen (secondary N) is 1. The fourth-order valence-corrected chi connectivity index (χ4v) is 3.56. The zero-order valence-electron chi connectivity index (χ0n) is 17.8. The van der Waals surface area contributed by atoms with E-state index in [9.17, 15) is 14.0 Å². The molecule has 0 radical (unpaired) electrons. The number of ether oxygens (including phenoxy) is 2. The van der Waals surface area contributed by atoms with Crippen molar-refractivity contribution < 1.29 is 23.5 Å². The number of halogens is 1. The first-order valence-electron chi connectivity index (χ1n) is 9.87. The Morgan fingerprint density at radius 3 is 2.09 bits per heavy atom. The van der Waals surface area contributed by atoms with Crippen molar-refractivity contribution in [3.8, 4) is 11.5 Å². The van der Waals surface area contributed by atoms with Crippen LogP contribution < -0.4 is 19.7 Å². The average Bonchev–Trinajstić information content (AvgIpc) is 3.03. The van der Waals surface area contributed by atoms with Crippen LogP contribution in [0.5, 0.6) is 11.5 Å². The highest BCUT2D eigenvalue weighted by atomic mass is 19.1. The summed E-state index contributed by atoms with van der Waals surface area (Å²) in [5, 5.41) is 3.06. The number of nitrogens with zero attached hydrogens (tertiary/aromatic N) is 1. The SMILES string of the molecule is COc1cc(NC2=C(c3ccc(F)cc3)C(=O)N(c3cccc(C)c3)C2=O)cc(OC)c1. The largest absolute Gasteiger partial charge is 0.497 e. The summed E-state index contributed by atoms with van der Waals surface area (Å²) in [7, 11) is 3.04. The van der Waals surface area contributed by atoms with E-state index in [2.05, 4.69) is 5.32 Å². The third-order valence-electron chi connectivity index (χ3n) is 5.10. The Hall–Kier alpha value is -4.13. The summed E-state index contributed by atoms with van der Waals surface area (Å²) >= 11 is 0. The number of aryl methyl sites for hydroxylation is 1. The molecule has 3 aromatic carbocycles. The van der Waals surface area contributed by atoms with E-state index in [-0.39, 0.29) is 11.3 Å². The second-order valence-electron chi connectivity index (χ2n) is 7.27. The van der Waals surface area contributed by atoms with Crippen LogP contribution in [0.25, 0.3) is 5.57 Å². The van der Waals surface area contributed by atoms with Crippen LogP contribution in [0.15, 0.2) is 72.4 Å². The van der Waals surface area contributed by atoms with Crippen molar-refractivity contribution >= 4 is 28.8 Å². The molecule has 4 rings (SSSR count). The average molecular weight is 432 g/mol. The lowest BCUT2D eigenvalue weighted by atomic mass is 10.0. The zero-order chi connectivity index (χ0) is 22.8. The van der Waals surface area contributed by atoms with Gasteiger partial charge < -0.3 is 14.8 Å². The van der Waals surface area contributed by atoms with E-state index in [4.69, 9.17) is 9.47 Å². The van der Waals surface area contributed by atoms with Crippen molar-refractivity contribution in [3.63, 3.8) is 0 Å². The molecule has 0 saturated heterocycles.